The van der Waals surface area contributed by atoms with E-state index in [1.54, 1.807) is 0 Å². The molecule has 0 unspecified atom stereocenters. The first-order valence-corrected chi connectivity index (χ1v) is 14.0. The third-order valence-electron chi connectivity index (χ3n) is 11.7. The monoisotopic (exact) mass is 465 g/mol. The van der Waals surface area contributed by atoms with E-state index in [4.69, 9.17) is 9.40 Å². The second kappa shape index (κ2) is 8.34. The van der Waals surface area contributed by atoms with E-state index in [2.05, 4.69) is 20.8 Å². The van der Waals surface area contributed by atoms with Crippen LogP contribution < -0.4 is 0 Å². The highest BCUT2D eigenvalue weighted by atomic mass is 16.3. The van der Waals surface area contributed by atoms with Crippen LogP contribution in [0.15, 0.2) is 28.7 Å². The zero-order valence-electron chi connectivity index (χ0n) is 21.2. The van der Waals surface area contributed by atoms with Crippen molar-refractivity contribution in [2.24, 2.45) is 46.3 Å². The maximum Gasteiger partial charge on any atom is 0.195 e. The highest BCUT2D eigenvalue weighted by molar-refractivity contribution is 5.72. The lowest BCUT2D eigenvalue weighted by atomic mass is 9.43. The number of aliphatic hydroxyl groups excluding tert-OH is 2. The molecule has 1 aromatic heterocycles. The summed E-state index contributed by atoms with van der Waals surface area (Å²) in [5, 5.41) is 22.1. The zero-order valence-corrected chi connectivity index (χ0v) is 21.2. The van der Waals surface area contributed by atoms with Crippen LogP contribution in [0.4, 0.5) is 0 Å². The number of fused-ring (bicyclic) bond motifs is 6. The number of oxazole rings is 1. The van der Waals surface area contributed by atoms with Gasteiger partial charge >= 0.3 is 0 Å². The van der Waals surface area contributed by atoms with Crippen molar-refractivity contribution in [3.05, 3.63) is 30.2 Å². The maximum atomic E-state index is 11.8. The van der Waals surface area contributed by atoms with Crippen molar-refractivity contribution in [1.29, 1.82) is 0 Å². The molecule has 2 aromatic rings. The van der Waals surface area contributed by atoms with E-state index in [0.717, 1.165) is 61.4 Å². The smallest absolute Gasteiger partial charge is 0.195 e. The van der Waals surface area contributed by atoms with Crippen LogP contribution in [0.1, 0.15) is 84.4 Å². The first-order valence-electron chi connectivity index (χ1n) is 14.0. The van der Waals surface area contributed by atoms with Crippen molar-refractivity contribution in [2.45, 2.75) is 97.2 Å². The highest BCUT2D eigenvalue weighted by Crippen LogP contribution is 2.68. The van der Waals surface area contributed by atoms with Crippen molar-refractivity contribution in [3.63, 3.8) is 0 Å². The summed E-state index contributed by atoms with van der Waals surface area (Å²) in [6.45, 7) is 7.34. The van der Waals surface area contributed by atoms with Crippen molar-refractivity contribution < 1.29 is 14.6 Å². The first kappa shape index (κ1) is 23.0. The quantitative estimate of drug-likeness (QED) is 0.549. The normalized spacial score (nSPS) is 44.9. The minimum Gasteiger partial charge on any atom is -0.441 e. The summed E-state index contributed by atoms with van der Waals surface area (Å²) >= 11 is 0. The van der Waals surface area contributed by atoms with Crippen molar-refractivity contribution >= 4 is 11.1 Å². The van der Waals surface area contributed by atoms with Gasteiger partial charge in [0, 0.05) is 6.42 Å². The van der Waals surface area contributed by atoms with Gasteiger partial charge in [-0.1, -0.05) is 32.9 Å². The Morgan fingerprint density at radius 3 is 2.68 bits per heavy atom. The van der Waals surface area contributed by atoms with Gasteiger partial charge < -0.3 is 14.6 Å². The molecule has 4 aliphatic rings. The van der Waals surface area contributed by atoms with Crippen LogP contribution in [0, 0.1) is 46.3 Å². The van der Waals surface area contributed by atoms with Gasteiger partial charge in [0.25, 0.3) is 0 Å². The van der Waals surface area contributed by atoms with Crippen LogP contribution in [-0.2, 0) is 6.42 Å². The topological polar surface area (TPSA) is 66.5 Å². The number of hydrogen-bond acceptors (Lipinski definition) is 4. The zero-order chi connectivity index (χ0) is 23.7. The Morgan fingerprint density at radius 1 is 1.03 bits per heavy atom. The molecule has 4 saturated carbocycles. The van der Waals surface area contributed by atoms with Gasteiger partial charge in [-0.2, -0.15) is 0 Å². The molecule has 4 fully saturated rings. The second-order valence-electron chi connectivity index (χ2n) is 13.0. The Kier molecular flexibility index (Phi) is 5.65. The predicted octanol–water partition coefficient (Wildman–Crippen LogP) is 6.39. The molecule has 0 amide bonds. The van der Waals surface area contributed by atoms with Gasteiger partial charge in [0.2, 0.25) is 0 Å². The van der Waals surface area contributed by atoms with Crippen LogP contribution in [0.5, 0.6) is 0 Å². The first-order chi connectivity index (χ1) is 16.3. The number of rotatable bonds is 4. The van der Waals surface area contributed by atoms with Crippen LogP contribution in [0.2, 0.25) is 0 Å². The molecule has 2 N–H and O–H groups in total. The summed E-state index contributed by atoms with van der Waals surface area (Å²) in [7, 11) is 0. The summed E-state index contributed by atoms with van der Waals surface area (Å²) in [4.78, 5) is 4.70. The van der Waals surface area contributed by atoms with E-state index < -0.39 is 0 Å². The van der Waals surface area contributed by atoms with Crippen LogP contribution in [-0.4, -0.2) is 27.4 Å². The summed E-state index contributed by atoms with van der Waals surface area (Å²) in [5.41, 5.74) is 2.16. The van der Waals surface area contributed by atoms with E-state index in [9.17, 15) is 10.2 Å². The third-order valence-corrected chi connectivity index (χ3v) is 11.7. The van der Waals surface area contributed by atoms with Gasteiger partial charge in [-0.25, -0.2) is 4.98 Å². The Hall–Kier alpha value is -1.39. The standard InChI is InChI=1S/C30H43NO3/c1-18(8-13-28-31-25-6-4-5-7-26(25)34-28)22-11-12-23-21-10-9-19-16-20(32)14-15-29(19,2)24(21)17-27(33)30(22,23)3/h4-7,18-24,27,32-33H,8-17H2,1-3H3/t18-,19-,20-,21+,22-,23+,24+,27+,29+,30-/m1/s1. The molecule has 4 aliphatic carbocycles. The molecular weight excluding hydrogens is 422 g/mol. The molecule has 0 radical (unpaired) electrons. The molecule has 0 saturated heterocycles. The Morgan fingerprint density at radius 2 is 1.85 bits per heavy atom. The van der Waals surface area contributed by atoms with Crippen molar-refractivity contribution in [1.82, 2.24) is 4.98 Å². The van der Waals surface area contributed by atoms with Gasteiger partial charge in [0.15, 0.2) is 11.5 Å². The lowest BCUT2D eigenvalue weighted by Gasteiger charge is -2.62. The number of aliphatic hydroxyl groups is 2. The van der Waals surface area contributed by atoms with Crippen LogP contribution in [0.3, 0.4) is 0 Å². The molecule has 0 spiro atoms. The number of aryl methyl sites for hydroxylation is 1. The average Bonchev–Trinajstić information content (AvgIpc) is 3.40. The van der Waals surface area contributed by atoms with Gasteiger partial charge in [0.05, 0.1) is 12.2 Å². The highest BCUT2D eigenvalue weighted by Gasteiger charge is 2.63. The predicted molar refractivity (Wildman–Crippen MR) is 134 cm³/mol. The summed E-state index contributed by atoms with van der Waals surface area (Å²) < 4.78 is 6.00. The fraction of sp³-hybridized carbons (Fsp3) is 0.767. The van der Waals surface area contributed by atoms with Crippen molar-refractivity contribution in [3.8, 4) is 0 Å². The fourth-order valence-electron chi connectivity index (χ4n) is 9.74. The minimum atomic E-state index is -0.208. The Balaban J connectivity index is 1.18. The average molecular weight is 466 g/mol. The van der Waals surface area contributed by atoms with E-state index in [-0.39, 0.29) is 17.6 Å². The van der Waals surface area contributed by atoms with Crippen molar-refractivity contribution in [2.75, 3.05) is 0 Å². The van der Waals surface area contributed by atoms with Crippen LogP contribution in [0.25, 0.3) is 11.1 Å². The molecule has 4 nitrogen and oxygen atoms in total. The Labute approximate surface area is 204 Å². The van der Waals surface area contributed by atoms with Gasteiger partial charge in [0.1, 0.15) is 5.52 Å². The molecule has 0 bridgehead atoms. The number of aromatic nitrogens is 1. The van der Waals surface area contributed by atoms with Gasteiger partial charge in [-0.05, 0) is 116 Å². The number of nitrogens with zero attached hydrogens (tertiary/aromatic N) is 1. The molecule has 186 valence electrons. The molecule has 1 aromatic carbocycles. The maximum absolute atomic E-state index is 11.8. The second-order valence-corrected chi connectivity index (χ2v) is 13.0. The van der Waals surface area contributed by atoms with E-state index >= 15 is 0 Å². The lowest BCUT2D eigenvalue weighted by molar-refractivity contribution is -0.174. The molecule has 34 heavy (non-hydrogen) atoms. The van der Waals surface area contributed by atoms with Gasteiger partial charge in [-0.3, -0.25) is 0 Å². The third kappa shape index (κ3) is 3.42. The number of benzene rings is 1. The fourth-order valence-corrected chi connectivity index (χ4v) is 9.74. The van der Waals surface area contributed by atoms with E-state index in [0.29, 0.717) is 35.0 Å². The summed E-state index contributed by atoms with van der Waals surface area (Å²) in [6, 6.07) is 8.03. The number of hydrogen-bond donors (Lipinski definition) is 2. The molecule has 4 heteroatoms. The molecule has 10 atom stereocenters. The van der Waals surface area contributed by atoms with Gasteiger partial charge in [-0.15, -0.1) is 0 Å². The summed E-state index contributed by atoms with van der Waals surface area (Å²) in [6.07, 6.45) is 10.8. The minimum absolute atomic E-state index is 0.0271. The molecular formula is C30H43NO3. The Bertz CT molecular complexity index is 1000. The van der Waals surface area contributed by atoms with E-state index in [1.165, 1.54) is 25.7 Å². The molecule has 6 rings (SSSR count). The largest absolute Gasteiger partial charge is 0.441 e. The lowest BCUT2D eigenvalue weighted by Crippen LogP contribution is -2.58. The SMILES string of the molecule is C[C@H](CCc1nc2ccccc2o1)[C@H]1CC[C@H]2[C@@H]3CC[C@@H]4C[C@H](O)CC[C@]4(C)[C@H]3C[C@H](O)[C@]12C. The van der Waals surface area contributed by atoms with E-state index in [1.807, 2.05) is 24.3 Å². The van der Waals surface area contributed by atoms with Crippen LogP contribution >= 0.6 is 0 Å². The number of para-hydroxylation sites is 2. The molecule has 1 heterocycles. The summed E-state index contributed by atoms with van der Waals surface area (Å²) in [5.74, 6) is 4.62. The molecule has 0 aliphatic heterocycles.